The molecule has 0 atom stereocenters. The van der Waals surface area contributed by atoms with Gasteiger partial charge in [-0.25, -0.2) is 4.98 Å². The Labute approximate surface area is 139 Å². The molecular formula is C17H21BrN2S. The third-order valence-electron chi connectivity index (χ3n) is 3.01. The van der Waals surface area contributed by atoms with Gasteiger partial charge in [-0.3, -0.25) is 0 Å². The van der Waals surface area contributed by atoms with Crippen molar-refractivity contribution >= 4 is 27.7 Å². The Morgan fingerprint density at radius 1 is 1.29 bits per heavy atom. The summed E-state index contributed by atoms with van der Waals surface area (Å²) in [6.07, 6.45) is 1.97. The van der Waals surface area contributed by atoms with Crippen molar-refractivity contribution in [1.82, 2.24) is 10.3 Å². The van der Waals surface area contributed by atoms with Gasteiger partial charge in [0.15, 0.2) is 0 Å². The van der Waals surface area contributed by atoms with Gasteiger partial charge >= 0.3 is 0 Å². The number of benzene rings is 1. The van der Waals surface area contributed by atoms with E-state index in [9.17, 15) is 0 Å². The third kappa shape index (κ3) is 5.13. The Balaban J connectivity index is 2.04. The molecule has 2 rings (SSSR count). The monoisotopic (exact) mass is 364 g/mol. The fraction of sp³-hybridized carbons (Fsp3) is 0.353. The molecule has 0 amide bonds. The molecule has 0 spiro atoms. The van der Waals surface area contributed by atoms with E-state index in [1.807, 2.05) is 18.3 Å². The van der Waals surface area contributed by atoms with Crippen LogP contribution in [0.4, 0.5) is 0 Å². The highest BCUT2D eigenvalue weighted by molar-refractivity contribution is 9.10. The van der Waals surface area contributed by atoms with Crippen LogP contribution in [0.3, 0.4) is 0 Å². The van der Waals surface area contributed by atoms with E-state index in [-0.39, 0.29) is 0 Å². The fourth-order valence-corrected chi connectivity index (χ4v) is 3.33. The summed E-state index contributed by atoms with van der Waals surface area (Å²) in [5.41, 5.74) is 2.46. The Morgan fingerprint density at radius 3 is 2.71 bits per heavy atom. The van der Waals surface area contributed by atoms with E-state index >= 15 is 0 Å². The van der Waals surface area contributed by atoms with E-state index in [0.29, 0.717) is 5.92 Å². The topological polar surface area (TPSA) is 24.9 Å². The molecule has 4 heteroatoms. The number of halogens is 1. The van der Waals surface area contributed by atoms with Crippen LogP contribution in [0.25, 0.3) is 0 Å². The van der Waals surface area contributed by atoms with Gasteiger partial charge in [0, 0.05) is 22.1 Å². The maximum Gasteiger partial charge on any atom is 0.104 e. The zero-order valence-corrected chi connectivity index (χ0v) is 15.1. The highest BCUT2D eigenvalue weighted by Crippen LogP contribution is 2.33. The summed E-state index contributed by atoms with van der Waals surface area (Å²) in [5.74, 6) is 0.671. The molecular weight excluding hydrogens is 344 g/mol. The Kier molecular flexibility index (Phi) is 6.27. The van der Waals surface area contributed by atoms with Crippen molar-refractivity contribution in [3.8, 4) is 0 Å². The first kappa shape index (κ1) is 16.5. The van der Waals surface area contributed by atoms with Crippen LogP contribution in [0.5, 0.6) is 0 Å². The highest BCUT2D eigenvalue weighted by Gasteiger charge is 2.07. The quantitative estimate of drug-likeness (QED) is 0.776. The largest absolute Gasteiger partial charge is 0.312 e. The van der Waals surface area contributed by atoms with Gasteiger partial charge in [0.25, 0.3) is 0 Å². The number of nitrogens with one attached hydrogen (secondary N) is 1. The molecule has 0 bridgehead atoms. The maximum absolute atomic E-state index is 4.61. The van der Waals surface area contributed by atoms with Gasteiger partial charge < -0.3 is 5.32 Å². The summed E-state index contributed by atoms with van der Waals surface area (Å²) in [6.45, 7) is 8.47. The van der Waals surface area contributed by atoms with E-state index in [2.05, 4.69) is 65.2 Å². The van der Waals surface area contributed by atoms with Crippen molar-refractivity contribution in [2.75, 3.05) is 6.54 Å². The van der Waals surface area contributed by atoms with E-state index in [4.69, 9.17) is 0 Å². The molecule has 0 aliphatic rings. The minimum Gasteiger partial charge on any atom is -0.312 e. The van der Waals surface area contributed by atoms with Gasteiger partial charge in [-0.15, -0.1) is 0 Å². The van der Waals surface area contributed by atoms with Gasteiger partial charge in [-0.2, -0.15) is 0 Å². The summed E-state index contributed by atoms with van der Waals surface area (Å²) >= 11 is 5.28. The van der Waals surface area contributed by atoms with Crippen LogP contribution in [-0.2, 0) is 6.54 Å². The van der Waals surface area contributed by atoms with E-state index in [1.165, 1.54) is 16.0 Å². The van der Waals surface area contributed by atoms with Gasteiger partial charge in [-0.1, -0.05) is 43.8 Å². The minimum absolute atomic E-state index is 0.671. The van der Waals surface area contributed by atoms with Crippen molar-refractivity contribution in [1.29, 1.82) is 0 Å². The Hall–Kier alpha value is -0.840. The number of aromatic nitrogens is 1. The van der Waals surface area contributed by atoms with Gasteiger partial charge in [0.1, 0.15) is 5.03 Å². The van der Waals surface area contributed by atoms with Crippen LogP contribution in [-0.4, -0.2) is 11.5 Å². The van der Waals surface area contributed by atoms with Gasteiger partial charge in [0.2, 0.25) is 0 Å². The lowest BCUT2D eigenvalue weighted by atomic mass is 10.2. The van der Waals surface area contributed by atoms with Crippen molar-refractivity contribution in [3.05, 3.63) is 52.1 Å². The average Bonchev–Trinajstić information content (AvgIpc) is 2.43. The number of pyridine rings is 1. The van der Waals surface area contributed by atoms with Crippen LogP contribution >= 0.6 is 27.7 Å². The van der Waals surface area contributed by atoms with Gasteiger partial charge in [0.05, 0.1) is 0 Å². The Bertz CT molecular complexity index is 599. The molecule has 1 heterocycles. The summed E-state index contributed by atoms with van der Waals surface area (Å²) in [5, 5.41) is 4.52. The SMILES string of the molecule is Cc1cc(CNCC(C)C)cnc1Sc1ccccc1Br. The number of rotatable bonds is 6. The zero-order valence-electron chi connectivity index (χ0n) is 12.7. The fourth-order valence-electron chi connectivity index (χ4n) is 1.96. The molecule has 21 heavy (non-hydrogen) atoms. The second kappa shape index (κ2) is 7.97. The molecule has 0 aliphatic carbocycles. The van der Waals surface area contributed by atoms with Crippen molar-refractivity contribution in [3.63, 3.8) is 0 Å². The molecule has 1 aromatic carbocycles. The molecule has 0 aliphatic heterocycles. The molecule has 1 aromatic heterocycles. The summed E-state index contributed by atoms with van der Waals surface area (Å²) in [4.78, 5) is 5.81. The molecule has 0 unspecified atom stereocenters. The summed E-state index contributed by atoms with van der Waals surface area (Å²) in [7, 11) is 0. The van der Waals surface area contributed by atoms with E-state index in [0.717, 1.165) is 22.6 Å². The van der Waals surface area contributed by atoms with Crippen molar-refractivity contribution in [2.24, 2.45) is 5.92 Å². The van der Waals surface area contributed by atoms with E-state index in [1.54, 1.807) is 11.8 Å². The first-order chi connectivity index (χ1) is 10.1. The number of hydrogen-bond acceptors (Lipinski definition) is 3. The van der Waals surface area contributed by atoms with Gasteiger partial charge in [-0.05, 0) is 58.6 Å². The number of aryl methyl sites for hydroxylation is 1. The molecule has 0 radical (unpaired) electrons. The average molecular weight is 365 g/mol. The number of nitrogens with zero attached hydrogens (tertiary/aromatic N) is 1. The minimum atomic E-state index is 0.671. The van der Waals surface area contributed by atoms with Crippen LogP contribution < -0.4 is 5.32 Å². The molecule has 2 aromatic rings. The smallest absolute Gasteiger partial charge is 0.104 e. The van der Waals surface area contributed by atoms with Crippen molar-refractivity contribution < 1.29 is 0 Å². The first-order valence-corrected chi connectivity index (χ1v) is 8.76. The normalized spacial score (nSPS) is 11.1. The molecule has 0 saturated carbocycles. The zero-order chi connectivity index (χ0) is 15.2. The lowest BCUT2D eigenvalue weighted by Gasteiger charge is -2.10. The predicted molar refractivity (Wildman–Crippen MR) is 93.8 cm³/mol. The Morgan fingerprint density at radius 2 is 2.05 bits per heavy atom. The lowest BCUT2D eigenvalue weighted by Crippen LogP contribution is -2.19. The second-order valence-corrected chi connectivity index (χ2v) is 7.41. The van der Waals surface area contributed by atoms with Crippen LogP contribution in [0.15, 0.2) is 50.9 Å². The maximum atomic E-state index is 4.61. The summed E-state index contributed by atoms with van der Waals surface area (Å²) < 4.78 is 1.11. The molecule has 112 valence electrons. The lowest BCUT2D eigenvalue weighted by molar-refractivity contribution is 0.551. The van der Waals surface area contributed by atoms with Crippen LogP contribution in [0, 0.1) is 12.8 Å². The summed E-state index contributed by atoms with van der Waals surface area (Å²) in [6, 6.07) is 10.5. The van der Waals surface area contributed by atoms with E-state index < -0.39 is 0 Å². The van der Waals surface area contributed by atoms with Crippen molar-refractivity contribution in [2.45, 2.75) is 37.2 Å². The standard InChI is InChI=1S/C17H21BrN2S/c1-12(2)9-19-10-14-8-13(3)17(20-11-14)21-16-7-5-4-6-15(16)18/h4-8,11-12,19H,9-10H2,1-3H3. The molecule has 2 nitrogen and oxygen atoms in total. The second-order valence-electron chi connectivity index (χ2n) is 5.52. The molecule has 0 fully saturated rings. The third-order valence-corrected chi connectivity index (χ3v) is 5.16. The van der Waals surface area contributed by atoms with Crippen LogP contribution in [0.2, 0.25) is 0 Å². The molecule has 0 saturated heterocycles. The predicted octanol–water partition coefficient (Wildman–Crippen LogP) is 5.05. The first-order valence-electron chi connectivity index (χ1n) is 7.15. The van der Waals surface area contributed by atoms with Crippen LogP contribution in [0.1, 0.15) is 25.0 Å². The number of hydrogen-bond donors (Lipinski definition) is 1. The molecule has 1 N–H and O–H groups in total. The highest BCUT2D eigenvalue weighted by atomic mass is 79.9.